The van der Waals surface area contributed by atoms with Crippen LogP contribution in [0.15, 0.2) is 54.9 Å². The number of hydrogen-bond acceptors (Lipinski definition) is 4. The van der Waals surface area contributed by atoms with Gasteiger partial charge in [-0.3, -0.25) is 9.78 Å². The van der Waals surface area contributed by atoms with E-state index in [1.54, 1.807) is 24.3 Å². The molecular formula is C18H23N3O2. The maximum atomic E-state index is 12.5. The Morgan fingerprint density at radius 2 is 1.96 bits per heavy atom. The molecule has 0 aliphatic heterocycles. The van der Waals surface area contributed by atoms with Crippen LogP contribution >= 0.6 is 0 Å². The van der Waals surface area contributed by atoms with E-state index in [0.717, 1.165) is 11.3 Å². The van der Waals surface area contributed by atoms with Crippen molar-refractivity contribution in [2.45, 2.75) is 19.5 Å². The van der Waals surface area contributed by atoms with Crippen LogP contribution < -0.4 is 4.90 Å². The first-order chi connectivity index (χ1) is 11.1. The highest BCUT2D eigenvalue weighted by Gasteiger charge is 2.19. The number of anilines is 1. The first-order valence-electron chi connectivity index (χ1n) is 7.67. The number of nitrogens with zero attached hydrogens (tertiary/aromatic N) is 3. The van der Waals surface area contributed by atoms with Gasteiger partial charge in [-0.15, -0.1) is 0 Å². The Morgan fingerprint density at radius 1 is 1.22 bits per heavy atom. The van der Waals surface area contributed by atoms with Crippen molar-refractivity contribution < 1.29 is 9.90 Å². The number of hydrogen-bond donors (Lipinski definition) is 1. The average Bonchev–Trinajstić information content (AvgIpc) is 2.61. The summed E-state index contributed by atoms with van der Waals surface area (Å²) in [6, 6.07) is 13.5. The highest BCUT2D eigenvalue weighted by atomic mass is 16.3. The number of benzene rings is 1. The number of aromatic nitrogens is 1. The molecule has 0 radical (unpaired) electrons. The molecule has 0 aliphatic rings. The summed E-state index contributed by atoms with van der Waals surface area (Å²) in [5.74, 6) is -0.0284. The third kappa shape index (κ3) is 4.79. The maximum absolute atomic E-state index is 12.5. The predicted octanol–water partition coefficient (Wildman–Crippen LogP) is 1.93. The minimum absolute atomic E-state index is 0.0284. The van der Waals surface area contributed by atoms with Crippen LogP contribution in [0.2, 0.25) is 0 Å². The van der Waals surface area contributed by atoms with Gasteiger partial charge < -0.3 is 14.9 Å². The first kappa shape index (κ1) is 17.0. The van der Waals surface area contributed by atoms with Gasteiger partial charge in [-0.2, -0.15) is 0 Å². The van der Waals surface area contributed by atoms with Crippen LogP contribution in [0.1, 0.15) is 12.5 Å². The summed E-state index contributed by atoms with van der Waals surface area (Å²) in [5.41, 5.74) is 2.02. The van der Waals surface area contributed by atoms with Crippen molar-refractivity contribution >= 4 is 11.6 Å². The zero-order valence-corrected chi connectivity index (χ0v) is 13.6. The van der Waals surface area contributed by atoms with E-state index in [9.17, 15) is 9.90 Å². The molecule has 1 unspecified atom stereocenters. The fourth-order valence-corrected chi connectivity index (χ4v) is 2.23. The molecule has 0 bridgehead atoms. The molecule has 5 heteroatoms. The number of likely N-dealkylation sites (N-methyl/N-ethyl adjacent to an activating group) is 1. The molecule has 0 spiro atoms. The molecule has 0 aliphatic carbocycles. The van der Waals surface area contributed by atoms with Crippen molar-refractivity contribution in [3.8, 4) is 0 Å². The van der Waals surface area contributed by atoms with E-state index in [2.05, 4.69) is 4.98 Å². The van der Waals surface area contributed by atoms with E-state index in [-0.39, 0.29) is 25.1 Å². The monoisotopic (exact) mass is 313 g/mol. The van der Waals surface area contributed by atoms with E-state index < -0.39 is 0 Å². The quantitative estimate of drug-likeness (QED) is 0.848. The summed E-state index contributed by atoms with van der Waals surface area (Å²) >= 11 is 0. The predicted molar refractivity (Wildman–Crippen MR) is 91.0 cm³/mol. The summed E-state index contributed by atoms with van der Waals surface area (Å²) in [6.07, 6.45) is 3.54. The minimum atomic E-state index is -0.196. The molecule has 0 saturated carbocycles. The number of pyridine rings is 1. The molecule has 122 valence electrons. The van der Waals surface area contributed by atoms with Crippen molar-refractivity contribution in [3.63, 3.8) is 0 Å². The average molecular weight is 313 g/mol. The van der Waals surface area contributed by atoms with E-state index in [0.29, 0.717) is 6.54 Å². The molecule has 2 aromatic rings. The van der Waals surface area contributed by atoms with Crippen LogP contribution in [0.25, 0.3) is 0 Å². The molecular weight excluding hydrogens is 290 g/mol. The molecule has 0 fully saturated rings. The maximum Gasteiger partial charge on any atom is 0.242 e. The minimum Gasteiger partial charge on any atom is -0.394 e. The summed E-state index contributed by atoms with van der Waals surface area (Å²) < 4.78 is 0. The van der Waals surface area contributed by atoms with Crippen LogP contribution in [0.3, 0.4) is 0 Å². The van der Waals surface area contributed by atoms with E-state index in [4.69, 9.17) is 0 Å². The van der Waals surface area contributed by atoms with Gasteiger partial charge in [0.1, 0.15) is 0 Å². The Kier molecular flexibility index (Phi) is 6.11. The van der Waals surface area contributed by atoms with Crippen LogP contribution in [-0.4, -0.2) is 47.1 Å². The third-order valence-electron chi connectivity index (χ3n) is 3.86. The number of amides is 1. The van der Waals surface area contributed by atoms with Gasteiger partial charge in [0.15, 0.2) is 0 Å². The molecule has 1 N–H and O–H groups in total. The smallest absolute Gasteiger partial charge is 0.242 e. The van der Waals surface area contributed by atoms with E-state index >= 15 is 0 Å². The molecule has 1 amide bonds. The second kappa shape index (κ2) is 8.29. The number of carbonyl (C=O) groups excluding carboxylic acids is 1. The van der Waals surface area contributed by atoms with Crippen molar-refractivity contribution in [3.05, 3.63) is 60.4 Å². The molecule has 1 aromatic heterocycles. The lowest BCUT2D eigenvalue weighted by Gasteiger charge is -2.29. The summed E-state index contributed by atoms with van der Waals surface area (Å²) in [6.45, 7) is 2.63. The molecule has 23 heavy (non-hydrogen) atoms. The highest BCUT2D eigenvalue weighted by molar-refractivity contribution is 5.81. The highest BCUT2D eigenvalue weighted by Crippen LogP contribution is 2.16. The van der Waals surface area contributed by atoms with Crippen molar-refractivity contribution in [2.75, 3.05) is 25.1 Å². The van der Waals surface area contributed by atoms with Crippen molar-refractivity contribution in [1.29, 1.82) is 0 Å². The zero-order valence-electron chi connectivity index (χ0n) is 13.6. The topological polar surface area (TPSA) is 56.7 Å². The largest absolute Gasteiger partial charge is 0.394 e. The lowest BCUT2D eigenvalue weighted by atomic mass is 10.2. The number of carbonyl (C=O) groups is 1. The van der Waals surface area contributed by atoms with Crippen molar-refractivity contribution in [2.24, 2.45) is 0 Å². The van der Waals surface area contributed by atoms with Gasteiger partial charge in [0.05, 0.1) is 19.2 Å². The number of para-hydroxylation sites is 1. The fraction of sp³-hybridized carbons (Fsp3) is 0.333. The third-order valence-corrected chi connectivity index (χ3v) is 3.86. The molecule has 0 saturated heterocycles. The van der Waals surface area contributed by atoms with Gasteiger partial charge >= 0.3 is 0 Å². The normalized spacial score (nSPS) is 11.8. The van der Waals surface area contributed by atoms with Gasteiger partial charge in [0.25, 0.3) is 0 Å². The van der Waals surface area contributed by atoms with Gasteiger partial charge in [0, 0.05) is 31.7 Å². The van der Waals surface area contributed by atoms with Gasteiger partial charge in [-0.25, -0.2) is 0 Å². The second-order valence-corrected chi connectivity index (χ2v) is 5.59. The van der Waals surface area contributed by atoms with Crippen LogP contribution in [0, 0.1) is 0 Å². The Morgan fingerprint density at radius 3 is 2.57 bits per heavy atom. The van der Waals surface area contributed by atoms with E-state index in [1.807, 2.05) is 54.3 Å². The van der Waals surface area contributed by atoms with Crippen LogP contribution in [-0.2, 0) is 11.3 Å². The standard InChI is InChI=1S/C18H23N3O2/c1-15(14-22)20(2)18(23)13-21(17-8-4-3-5-9-17)12-16-7-6-10-19-11-16/h3-11,15,22H,12-14H2,1-2H3. The fourth-order valence-electron chi connectivity index (χ4n) is 2.23. The Bertz CT molecular complexity index is 604. The number of aliphatic hydroxyl groups is 1. The van der Waals surface area contributed by atoms with Gasteiger partial charge in [-0.05, 0) is 30.7 Å². The van der Waals surface area contributed by atoms with Crippen LogP contribution in [0.4, 0.5) is 5.69 Å². The Balaban J connectivity index is 2.16. The van der Waals surface area contributed by atoms with E-state index in [1.165, 1.54) is 0 Å². The molecule has 1 heterocycles. The van der Waals surface area contributed by atoms with Gasteiger partial charge in [0.2, 0.25) is 5.91 Å². The Hall–Kier alpha value is -2.40. The SMILES string of the molecule is CC(CO)N(C)C(=O)CN(Cc1cccnc1)c1ccccc1. The summed E-state index contributed by atoms with van der Waals surface area (Å²) in [5, 5.41) is 9.22. The first-order valence-corrected chi connectivity index (χ1v) is 7.67. The lowest BCUT2D eigenvalue weighted by molar-refractivity contribution is -0.130. The number of aliphatic hydroxyl groups excluding tert-OH is 1. The zero-order chi connectivity index (χ0) is 16.7. The summed E-state index contributed by atoms with van der Waals surface area (Å²) in [4.78, 5) is 20.2. The van der Waals surface area contributed by atoms with Gasteiger partial charge in [-0.1, -0.05) is 24.3 Å². The number of rotatable bonds is 7. The molecule has 1 atom stereocenters. The summed E-state index contributed by atoms with van der Waals surface area (Å²) in [7, 11) is 1.72. The Labute approximate surface area is 137 Å². The molecule has 5 nitrogen and oxygen atoms in total. The molecule has 2 rings (SSSR count). The van der Waals surface area contributed by atoms with Crippen LogP contribution in [0.5, 0.6) is 0 Å². The second-order valence-electron chi connectivity index (χ2n) is 5.59. The molecule has 1 aromatic carbocycles. The van der Waals surface area contributed by atoms with Crippen molar-refractivity contribution in [1.82, 2.24) is 9.88 Å². The lowest BCUT2D eigenvalue weighted by Crippen LogP contribution is -2.43.